The number of aryl methyl sites for hydroxylation is 1. The van der Waals surface area contributed by atoms with Crippen molar-refractivity contribution in [2.45, 2.75) is 19.4 Å². The molecule has 0 bridgehead atoms. The number of methoxy groups -OCH3 is 2. The number of ether oxygens (including phenoxy) is 2. The third kappa shape index (κ3) is 4.34. The number of anilines is 3. The molecule has 0 radical (unpaired) electrons. The maximum atomic E-state index is 11.6. The second-order valence-corrected chi connectivity index (χ2v) is 8.38. The molecule has 1 aliphatic heterocycles. The van der Waals surface area contributed by atoms with E-state index < -0.39 is 9.84 Å². The molecule has 1 atom stereocenters. The lowest BCUT2D eigenvalue weighted by Gasteiger charge is -2.15. The van der Waals surface area contributed by atoms with Gasteiger partial charge in [0.05, 0.1) is 31.4 Å². The molecule has 3 rings (SSSR count). The minimum Gasteiger partial charge on any atom is -0.497 e. The maximum Gasteiger partial charge on any atom is 0.225 e. The fourth-order valence-electron chi connectivity index (χ4n) is 2.83. The number of benzene rings is 1. The van der Waals surface area contributed by atoms with Gasteiger partial charge in [0, 0.05) is 23.9 Å². The van der Waals surface area contributed by atoms with E-state index in [9.17, 15) is 8.42 Å². The fourth-order valence-corrected chi connectivity index (χ4v) is 4.50. The predicted octanol–water partition coefficient (Wildman–Crippen LogP) is 2.14. The first-order valence-corrected chi connectivity index (χ1v) is 10.0. The van der Waals surface area contributed by atoms with Crippen molar-refractivity contribution < 1.29 is 17.9 Å². The maximum absolute atomic E-state index is 11.6. The summed E-state index contributed by atoms with van der Waals surface area (Å²) >= 11 is 0. The summed E-state index contributed by atoms with van der Waals surface area (Å²) in [6, 6.07) is 7.08. The van der Waals surface area contributed by atoms with Crippen molar-refractivity contribution in [3.8, 4) is 11.5 Å². The van der Waals surface area contributed by atoms with Gasteiger partial charge in [-0.25, -0.2) is 13.4 Å². The topological polar surface area (TPSA) is 102 Å². The minimum absolute atomic E-state index is 0.110. The molecule has 1 aliphatic rings. The van der Waals surface area contributed by atoms with Gasteiger partial charge < -0.3 is 20.1 Å². The van der Waals surface area contributed by atoms with E-state index >= 15 is 0 Å². The number of nitrogens with zero attached hydrogens (tertiary/aromatic N) is 2. The van der Waals surface area contributed by atoms with Crippen LogP contribution in [0.5, 0.6) is 11.5 Å². The third-order valence-corrected chi connectivity index (χ3v) is 5.86. The van der Waals surface area contributed by atoms with Crippen LogP contribution in [0.15, 0.2) is 24.3 Å². The standard InChI is InChI=1S/C17H22N4O4S/c1-11-8-16(20-14-5-4-13(24-2)9-15(14)25-3)21-17(18-11)19-12-6-7-26(22,23)10-12/h4-5,8-9,12H,6-7,10H2,1-3H3,(H2,18,19,20,21). The quantitative estimate of drug-likeness (QED) is 0.788. The average molecular weight is 378 g/mol. The van der Waals surface area contributed by atoms with E-state index in [0.717, 1.165) is 11.4 Å². The molecule has 0 aliphatic carbocycles. The minimum atomic E-state index is -2.96. The Morgan fingerprint density at radius 2 is 1.96 bits per heavy atom. The Morgan fingerprint density at radius 3 is 2.62 bits per heavy atom. The van der Waals surface area contributed by atoms with Gasteiger partial charge in [-0.2, -0.15) is 4.98 Å². The monoisotopic (exact) mass is 378 g/mol. The van der Waals surface area contributed by atoms with Gasteiger partial charge in [0.1, 0.15) is 17.3 Å². The zero-order valence-corrected chi connectivity index (χ0v) is 15.8. The van der Waals surface area contributed by atoms with Gasteiger partial charge in [0.25, 0.3) is 0 Å². The van der Waals surface area contributed by atoms with Gasteiger partial charge >= 0.3 is 0 Å². The summed E-state index contributed by atoms with van der Waals surface area (Å²) in [5.74, 6) is 2.61. The van der Waals surface area contributed by atoms with Crippen LogP contribution in [-0.2, 0) is 9.84 Å². The molecule has 1 fully saturated rings. The SMILES string of the molecule is COc1ccc(Nc2cc(C)nc(NC3CCS(=O)(=O)C3)n2)c(OC)c1. The summed E-state index contributed by atoms with van der Waals surface area (Å²) in [7, 11) is 0.214. The highest BCUT2D eigenvalue weighted by Crippen LogP contribution is 2.31. The van der Waals surface area contributed by atoms with Gasteiger partial charge in [-0.15, -0.1) is 0 Å². The molecular formula is C17H22N4O4S. The summed E-state index contributed by atoms with van der Waals surface area (Å²) in [4.78, 5) is 8.79. The third-order valence-electron chi connectivity index (χ3n) is 4.09. The van der Waals surface area contributed by atoms with Crippen molar-refractivity contribution in [3.63, 3.8) is 0 Å². The number of rotatable bonds is 6. The van der Waals surface area contributed by atoms with Crippen molar-refractivity contribution in [2.24, 2.45) is 0 Å². The first-order chi connectivity index (χ1) is 12.4. The van der Waals surface area contributed by atoms with Crippen molar-refractivity contribution in [1.82, 2.24) is 9.97 Å². The number of nitrogens with one attached hydrogen (secondary N) is 2. The van der Waals surface area contributed by atoms with Crippen LogP contribution in [0.3, 0.4) is 0 Å². The van der Waals surface area contributed by atoms with E-state index in [1.165, 1.54) is 0 Å². The number of sulfone groups is 1. The Balaban J connectivity index is 1.80. The second kappa shape index (κ2) is 7.36. The molecule has 1 unspecified atom stereocenters. The lowest BCUT2D eigenvalue weighted by molar-refractivity contribution is 0.395. The second-order valence-electron chi connectivity index (χ2n) is 6.15. The lowest BCUT2D eigenvalue weighted by Crippen LogP contribution is -2.22. The predicted molar refractivity (Wildman–Crippen MR) is 100 cm³/mol. The molecule has 0 saturated carbocycles. The largest absolute Gasteiger partial charge is 0.497 e. The van der Waals surface area contributed by atoms with Crippen LogP contribution < -0.4 is 20.1 Å². The Morgan fingerprint density at radius 1 is 1.15 bits per heavy atom. The highest BCUT2D eigenvalue weighted by Gasteiger charge is 2.28. The zero-order valence-electron chi connectivity index (χ0n) is 14.9. The van der Waals surface area contributed by atoms with E-state index in [2.05, 4.69) is 20.6 Å². The fraction of sp³-hybridized carbons (Fsp3) is 0.412. The van der Waals surface area contributed by atoms with Gasteiger partial charge in [-0.1, -0.05) is 0 Å². The molecule has 1 aromatic carbocycles. The molecule has 8 nitrogen and oxygen atoms in total. The molecule has 140 valence electrons. The van der Waals surface area contributed by atoms with E-state index in [1.54, 1.807) is 26.4 Å². The number of hydrogen-bond acceptors (Lipinski definition) is 8. The first-order valence-electron chi connectivity index (χ1n) is 8.20. The van der Waals surface area contributed by atoms with Crippen LogP contribution >= 0.6 is 0 Å². The number of hydrogen-bond donors (Lipinski definition) is 2. The van der Waals surface area contributed by atoms with E-state index in [0.29, 0.717) is 29.7 Å². The van der Waals surface area contributed by atoms with Gasteiger partial charge in [0.2, 0.25) is 5.95 Å². The van der Waals surface area contributed by atoms with Crippen LogP contribution in [0.25, 0.3) is 0 Å². The molecule has 1 saturated heterocycles. The molecular weight excluding hydrogens is 356 g/mol. The molecule has 1 aromatic heterocycles. The summed E-state index contributed by atoms with van der Waals surface area (Å²) in [5, 5.41) is 6.32. The van der Waals surface area contributed by atoms with Crippen molar-refractivity contribution in [1.29, 1.82) is 0 Å². The zero-order chi connectivity index (χ0) is 18.7. The number of aromatic nitrogens is 2. The summed E-state index contributed by atoms with van der Waals surface area (Å²) in [6.07, 6.45) is 0.564. The van der Waals surface area contributed by atoms with Crippen molar-refractivity contribution in [2.75, 3.05) is 36.4 Å². The molecule has 0 spiro atoms. The van der Waals surface area contributed by atoms with Gasteiger partial charge in [0.15, 0.2) is 9.84 Å². The molecule has 2 aromatic rings. The highest BCUT2D eigenvalue weighted by molar-refractivity contribution is 7.91. The summed E-state index contributed by atoms with van der Waals surface area (Å²) in [5.41, 5.74) is 1.50. The summed E-state index contributed by atoms with van der Waals surface area (Å²) in [6.45, 7) is 1.86. The Kier molecular flexibility index (Phi) is 5.17. The molecule has 26 heavy (non-hydrogen) atoms. The molecule has 2 N–H and O–H groups in total. The van der Waals surface area contributed by atoms with Crippen molar-refractivity contribution in [3.05, 3.63) is 30.0 Å². The Labute approximate surface area is 152 Å². The molecule has 2 heterocycles. The molecule has 0 amide bonds. The van der Waals surface area contributed by atoms with Crippen LogP contribution in [-0.4, -0.2) is 50.2 Å². The van der Waals surface area contributed by atoms with E-state index in [4.69, 9.17) is 9.47 Å². The Hall–Kier alpha value is -2.55. The van der Waals surface area contributed by atoms with Crippen LogP contribution in [0.2, 0.25) is 0 Å². The van der Waals surface area contributed by atoms with Crippen molar-refractivity contribution >= 4 is 27.3 Å². The molecule has 9 heteroatoms. The van der Waals surface area contributed by atoms with E-state index in [-0.39, 0.29) is 17.5 Å². The Bertz CT molecular complexity index is 902. The van der Waals surface area contributed by atoms with Gasteiger partial charge in [-0.05, 0) is 25.5 Å². The summed E-state index contributed by atoms with van der Waals surface area (Å²) < 4.78 is 33.8. The van der Waals surface area contributed by atoms with Gasteiger partial charge in [-0.3, -0.25) is 0 Å². The average Bonchev–Trinajstić information content (AvgIpc) is 2.93. The highest BCUT2D eigenvalue weighted by atomic mass is 32.2. The first kappa shape index (κ1) is 18.2. The lowest BCUT2D eigenvalue weighted by atomic mass is 10.2. The van der Waals surface area contributed by atoms with E-state index in [1.807, 2.05) is 19.1 Å². The smallest absolute Gasteiger partial charge is 0.225 e. The normalized spacial score (nSPS) is 18.3. The van der Waals surface area contributed by atoms with Crippen LogP contribution in [0, 0.1) is 6.92 Å². The van der Waals surface area contributed by atoms with Crippen LogP contribution in [0.4, 0.5) is 17.5 Å². The van der Waals surface area contributed by atoms with Crippen LogP contribution in [0.1, 0.15) is 12.1 Å².